The maximum absolute atomic E-state index is 13.3. The number of benzene rings is 1. The van der Waals surface area contributed by atoms with Crippen LogP contribution in [-0.2, 0) is 11.2 Å². The fourth-order valence-electron chi connectivity index (χ4n) is 3.63. The van der Waals surface area contributed by atoms with Crippen molar-refractivity contribution in [2.24, 2.45) is 0 Å². The van der Waals surface area contributed by atoms with E-state index in [4.69, 9.17) is 4.42 Å². The average molecular weight is 429 g/mol. The van der Waals surface area contributed by atoms with Crippen LogP contribution in [0.1, 0.15) is 50.5 Å². The zero-order valence-electron chi connectivity index (χ0n) is 16.4. The first-order valence-electron chi connectivity index (χ1n) is 9.96. The number of carbonyl (C=O) groups excluding carboxylic acids is 1. The van der Waals surface area contributed by atoms with Gasteiger partial charge in [-0.15, -0.1) is 21.5 Å². The molecule has 1 atom stereocenters. The highest BCUT2D eigenvalue weighted by atomic mass is 32.2. The molecule has 4 rings (SSSR count). The van der Waals surface area contributed by atoms with Crippen molar-refractivity contribution >= 4 is 34.1 Å². The largest absolute Gasteiger partial charge is 0.416 e. The van der Waals surface area contributed by atoms with Gasteiger partial charge in [-0.1, -0.05) is 61.4 Å². The number of hydrogen-bond acceptors (Lipinski definition) is 7. The summed E-state index contributed by atoms with van der Waals surface area (Å²) in [6.45, 7) is 1.90. The first kappa shape index (κ1) is 20.1. The fourth-order valence-corrected chi connectivity index (χ4v) is 5.10. The molecule has 6 nitrogen and oxygen atoms in total. The lowest BCUT2D eigenvalue weighted by Gasteiger charge is -2.33. The molecule has 3 aromatic rings. The van der Waals surface area contributed by atoms with E-state index in [-0.39, 0.29) is 17.2 Å². The van der Waals surface area contributed by atoms with Gasteiger partial charge in [0, 0.05) is 17.6 Å². The van der Waals surface area contributed by atoms with Gasteiger partial charge in [-0.05, 0) is 25.3 Å². The molecule has 1 aliphatic carbocycles. The smallest absolute Gasteiger partial charge is 0.277 e. The van der Waals surface area contributed by atoms with Crippen molar-refractivity contribution in [3.8, 4) is 0 Å². The van der Waals surface area contributed by atoms with Crippen LogP contribution in [0.15, 0.2) is 51.5 Å². The molecular weight excluding hydrogens is 404 g/mol. The Hall–Kier alpha value is -2.19. The Morgan fingerprint density at radius 2 is 2.03 bits per heavy atom. The molecule has 0 N–H and O–H groups in total. The van der Waals surface area contributed by atoms with E-state index in [0.717, 1.165) is 36.4 Å². The summed E-state index contributed by atoms with van der Waals surface area (Å²) < 4.78 is 5.78. The number of rotatable bonds is 7. The molecule has 1 fully saturated rings. The van der Waals surface area contributed by atoms with Crippen LogP contribution in [0.4, 0.5) is 5.13 Å². The van der Waals surface area contributed by atoms with Crippen LogP contribution in [0.3, 0.4) is 0 Å². The Labute approximate surface area is 178 Å². The van der Waals surface area contributed by atoms with Crippen molar-refractivity contribution in [1.29, 1.82) is 0 Å². The molecule has 0 bridgehead atoms. The van der Waals surface area contributed by atoms with Crippen LogP contribution < -0.4 is 4.90 Å². The van der Waals surface area contributed by atoms with Gasteiger partial charge < -0.3 is 4.42 Å². The summed E-state index contributed by atoms with van der Waals surface area (Å²) in [5.41, 5.74) is 1.11. The molecule has 0 radical (unpaired) electrons. The fraction of sp³-hybridized carbons (Fsp3) is 0.429. The molecule has 0 unspecified atom stereocenters. The second-order valence-corrected chi connectivity index (χ2v) is 9.36. The number of carbonyl (C=O) groups is 1. The van der Waals surface area contributed by atoms with Crippen LogP contribution in [0.25, 0.3) is 0 Å². The average Bonchev–Trinajstić information content (AvgIpc) is 3.42. The molecule has 0 saturated heterocycles. The van der Waals surface area contributed by atoms with E-state index in [2.05, 4.69) is 15.2 Å². The third kappa shape index (κ3) is 5.05. The topological polar surface area (TPSA) is 72.1 Å². The molecule has 2 heterocycles. The molecule has 2 aromatic heterocycles. The van der Waals surface area contributed by atoms with Crippen LogP contribution in [-0.4, -0.2) is 32.4 Å². The minimum Gasteiger partial charge on any atom is -0.416 e. The second kappa shape index (κ2) is 9.54. The van der Waals surface area contributed by atoms with Crippen LogP contribution >= 0.6 is 23.1 Å². The molecule has 0 aliphatic heterocycles. The lowest BCUT2D eigenvalue weighted by atomic mass is 9.94. The highest BCUT2D eigenvalue weighted by Crippen LogP contribution is 2.32. The van der Waals surface area contributed by atoms with Gasteiger partial charge in [-0.25, -0.2) is 4.98 Å². The number of hydrogen-bond donors (Lipinski definition) is 0. The van der Waals surface area contributed by atoms with E-state index in [1.54, 1.807) is 6.20 Å². The van der Waals surface area contributed by atoms with Crippen molar-refractivity contribution < 1.29 is 9.21 Å². The molecule has 1 aliphatic rings. The summed E-state index contributed by atoms with van der Waals surface area (Å²) >= 11 is 2.83. The van der Waals surface area contributed by atoms with Gasteiger partial charge in [0.1, 0.15) is 0 Å². The molecule has 152 valence electrons. The standard InChI is InChI=1S/C21H24N4O2S2/c1-15(29-21-24-23-18(27-21)14-16-8-4-2-5-9-16)19(26)25(20-22-12-13-28-20)17-10-6-3-7-11-17/h2,4-5,8-9,12-13,15,17H,3,6-7,10-11,14H2,1H3/t15-/m1/s1. The molecule has 1 saturated carbocycles. The third-order valence-electron chi connectivity index (χ3n) is 5.07. The Kier molecular flexibility index (Phi) is 6.61. The van der Waals surface area contributed by atoms with E-state index in [1.165, 1.54) is 29.5 Å². The molecule has 8 heteroatoms. The lowest BCUT2D eigenvalue weighted by Crippen LogP contribution is -2.45. The number of nitrogens with zero attached hydrogens (tertiary/aromatic N) is 4. The number of thioether (sulfide) groups is 1. The van der Waals surface area contributed by atoms with Crippen molar-refractivity contribution in [2.45, 2.75) is 62.0 Å². The van der Waals surface area contributed by atoms with Gasteiger partial charge >= 0.3 is 0 Å². The molecule has 1 aromatic carbocycles. The Morgan fingerprint density at radius 1 is 1.24 bits per heavy atom. The molecule has 0 spiro atoms. The van der Waals surface area contributed by atoms with Crippen molar-refractivity contribution in [1.82, 2.24) is 15.2 Å². The summed E-state index contributed by atoms with van der Waals surface area (Å²) in [7, 11) is 0. The highest BCUT2D eigenvalue weighted by molar-refractivity contribution is 8.00. The van der Waals surface area contributed by atoms with Gasteiger partial charge in [-0.3, -0.25) is 9.69 Å². The quantitative estimate of drug-likeness (QED) is 0.495. The van der Waals surface area contributed by atoms with Crippen LogP contribution in [0, 0.1) is 0 Å². The summed E-state index contributed by atoms with van der Waals surface area (Å²) in [5.74, 6) is 0.613. The number of amides is 1. The van der Waals surface area contributed by atoms with Crippen molar-refractivity contribution in [2.75, 3.05) is 4.90 Å². The lowest BCUT2D eigenvalue weighted by molar-refractivity contribution is -0.118. The van der Waals surface area contributed by atoms with Crippen LogP contribution in [0.2, 0.25) is 0 Å². The van der Waals surface area contributed by atoms with Gasteiger partial charge in [0.05, 0.1) is 11.7 Å². The van der Waals surface area contributed by atoms with Gasteiger partial charge in [0.25, 0.3) is 5.22 Å². The van der Waals surface area contributed by atoms with Gasteiger partial charge in [-0.2, -0.15) is 0 Å². The number of anilines is 1. The Bertz CT molecular complexity index is 908. The normalized spacial score (nSPS) is 15.9. The van der Waals surface area contributed by atoms with E-state index in [9.17, 15) is 4.79 Å². The minimum absolute atomic E-state index is 0.0552. The van der Waals surface area contributed by atoms with E-state index >= 15 is 0 Å². The maximum Gasteiger partial charge on any atom is 0.277 e. The zero-order valence-corrected chi connectivity index (χ0v) is 18.0. The summed E-state index contributed by atoms with van der Waals surface area (Å²) in [5, 5.41) is 11.1. The summed E-state index contributed by atoms with van der Waals surface area (Å²) in [6.07, 6.45) is 7.97. The molecule has 1 amide bonds. The number of thiazole rings is 1. The van der Waals surface area contributed by atoms with E-state index in [1.807, 2.05) is 47.5 Å². The summed E-state index contributed by atoms with van der Waals surface area (Å²) in [6, 6.07) is 10.2. The number of aromatic nitrogens is 3. The van der Waals surface area contributed by atoms with Crippen molar-refractivity contribution in [3.05, 3.63) is 53.4 Å². The van der Waals surface area contributed by atoms with E-state index in [0.29, 0.717) is 17.5 Å². The van der Waals surface area contributed by atoms with Crippen molar-refractivity contribution in [3.63, 3.8) is 0 Å². The molecular formula is C21H24N4O2S2. The maximum atomic E-state index is 13.3. The third-order valence-corrected chi connectivity index (χ3v) is 6.77. The Balaban J connectivity index is 1.44. The predicted molar refractivity (Wildman–Crippen MR) is 115 cm³/mol. The van der Waals surface area contributed by atoms with Gasteiger partial charge in [0.15, 0.2) is 5.13 Å². The first-order chi connectivity index (χ1) is 14.2. The van der Waals surface area contributed by atoms with E-state index < -0.39 is 0 Å². The Morgan fingerprint density at radius 3 is 2.76 bits per heavy atom. The first-order valence-corrected chi connectivity index (χ1v) is 11.7. The predicted octanol–water partition coefficient (Wildman–Crippen LogP) is 4.96. The van der Waals surface area contributed by atoms with Crippen LogP contribution in [0.5, 0.6) is 0 Å². The highest BCUT2D eigenvalue weighted by Gasteiger charge is 2.32. The monoisotopic (exact) mass is 428 g/mol. The minimum atomic E-state index is -0.328. The second-order valence-electron chi connectivity index (χ2n) is 7.20. The zero-order chi connectivity index (χ0) is 20.1. The SMILES string of the molecule is C[C@@H](Sc1nnc(Cc2ccccc2)o1)C(=O)N(c1nccs1)C1CCCCC1. The molecule has 29 heavy (non-hydrogen) atoms. The van der Waals surface area contributed by atoms with Gasteiger partial charge in [0.2, 0.25) is 11.8 Å². The summed E-state index contributed by atoms with van der Waals surface area (Å²) in [4.78, 5) is 19.6.